The standard InChI is InChI=1S/C20H24N6O3/c1-15(27)22-12-18-13-26(20(28)29-18)17-4-2-16(3-5-17)24-8-10-25(11-9-24)19-6-7-21-14-23-19/h2-7,14,18H,8-13H2,1H3,(H,22,27)/t18-/m0/s1. The first kappa shape index (κ1) is 19.0. The molecule has 1 aromatic carbocycles. The molecule has 2 aromatic rings. The minimum absolute atomic E-state index is 0.135. The van der Waals surface area contributed by atoms with Gasteiger partial charge in [-0.2, -0.15) is 0 Å². The highest BCUT2D eigenvalue weighted by Crippen LogP contribution is 2.26. The molecule has 2 aliphatic heterocycles. The maximum atomic E-state index is 12.2. The molecule has 2 saturated heterocycles. The summed E-state index contributed by atoms with van der Waals surface area (Å²) in [5.74, 6) is 0.819. The number of carbonyl (C=O) groups is 2. The molecular weight excluding hydrogens is 372 g/mol. The van der Waals surface area contributed by atoms with Crippen LogP contribution in [0.3, 0.4) is 0 Å². The van der Waals surface area contributed by atoms with Crippen molar-refractivity contribution in [2.75, 3.05) is 54.0 Å². The molecule has 0 aliphatic carbocycles. The van der Waals surface area contributed by atoms with Gasteiger partial charge in [-0.05, 0) is 30.3 Å². The molecule has 2 amide bonds. The maximum absolute atomic E-state index is 12.2. The predicted octanol–water partition coefficient (Wildman–Crippen LogP) is 1.26. The molecule has 1 aromatic heterocycles. The van der Waals surface area contributed by atoms with Gasteiger partial charge in [-0.1, -0.05) is 0 Å². The summed E-state index contributed by atoms with van der Waals surface area (Å²) in [4.78, 5) is 37.7. The molecular formula is C20H24N6O3. The van der Waals surface area contributed by atoms with Crippen LogP contribution in [-0.4, -0.2) is 67.3 Å². The summed E-state index contributed by atoms with van der Waals surface area (Å²) in [6.07, 6.45) is 2.62. The first-order valence-electron chi connectivity index (χ1n) is 9.69. The number of ether oxygens (including phenoxy) is 1. The molecule has 1 atom stereocenters. The maximum Gasteiger partial charge on any atom is 0.414 e. The van der Waals surface area contributed by atoms with Gasteiger partial charge in [0.1, 0.15) is 18.2 Å². The Kier molecular flexibility index (Phi) is 5.46. The van der Waals surface area contributed by atoms with Crippen molar-refractivity contribution in [2.45, 2.75) is 13.0 Å². The molecule has 4 rings (SSSR count). The highest BCUT2D eigenvalue weighted by molar-refractivity contribution is 5.90. The third-order valence-corrected chi connectivity index (χ3v) is 5.15. The zero-order valence-corrected chi connectivity index (χ0v) is 16.3. The van der Waals surface area contributed by atoms with E-state index < -0.39 is 0 Å². The van der Waals surface area contributed by atoms with Gasteiger partial charge >= 0.3 is 6.09 Å². The van der Waals surface area contributed by atoms with Crippen LogP contribution in [0.5, 0.6) is 0 Å². The van der Waals surface area contributed by atoms with Crippen molar-refractivity contribution in [3.63, 3.8) is 0 Å². The Morgan fingerprint density at radius 3 is 2.45 bits per heavy atom. The summed E-state index contributed by atoms with van der Waals surface area (Å²) in [5, 5.41) is 2.69. The second-order valence-electron chi connectivity index (χ2n) is 7.11. The van der Waals surface area contributed by atoms with Crippen molar-refractivity contribution in [3.05, 3.63) is 42.9 Å². The van der Waals surface area contributed by atoms with Gasteiger partial charge in [-0.15, -0.1) is 0 Å². The normalized spacial score (nSPS) is 19.3. The van der Waals surface area contributed by atoms with Gasteiger partial charge < -0.3 is 19.9 Å². The quantitative estimate of drug-likeness (QED) is 0.814. The minimum atomic E-state index is -0.383. The SMILES string of the molecule is CC(=O)NC[C@H]1CN(c2ccc(N3CCN(c4ccncn4)CC3)cc2)C(=O)O1. The number of rotatable bonds is 5. The van der Waals surface area contributed by atoms with Crippen molar-refractivity contribution in [1.29, 1.82) is 0 Å². The van der Waals surface area contributed by atoms with E-state index in [1.54, 1.807) is 17.4 Å². The van der Waals surface area contributed by atoms with Crippen molar-refractivity contribution in [3.8, 4) is 0 Å². The second-order valence-corrected chi connectivity index (χ2v) is 7.11. The van der Waals surface area contributed by atoms with Gasteiger partial charge in [0.2, 0.25) is 5.91 Å². The Labute approximate surface area is 169 Å². The molecule has 2 aliphatic rings. The van der Waals surface area contributed by atoms with E-state index in [2.05, 4.69) is 25.1 Å². The lowest BCUT2D eigenvalue weighted by molar-refractivity contribution is -0.119. The Balaban J connectivity index is 1.34. The lowest BCUT2D eigenvalue weighted by atomic mass is 10.2. The zero-order valence-electron chi connectivity index (χ0n) is 16.3. The lowest BCUT2D eigenvalue weighted by Crippen LogP contribution is -2.46. The number of hydrogen-bond acceptors (Lipinski definition) is 7. The summed E-state index contributed by atoms with van der Waals surface area (Å²) in [6.45, 7) is 5.77. The Hall–Kier alpha value is -3.36. The van der Waals surface area contributed by atoms with E-state index in [0.717, 1.165) is 43.4 Å². The van der Waals surface area contributed by atoms with Crippen molar-refractivity contribution in [1.82, 2.24) is 15.3 Å². The Bertz CT molecular complexity index is 852. The Morgan fingerprint density at radius 1 is 1.10 bits per heavy atom. The number of aromatic nitrogens is 2. The molecule has 1 N–H and O–H groups in total. The van der Waals surface area contributed by atoms with Crippen LogP contribution in [0.2, 0.25) is 0 Å². The highest BCUT2D eigenvalue weighted by Gasteiger charge is 2.32. The van der Waals surface area contributed by atoms with E-state index in [1.165, 1.54) is 6.92 Å². The van der Waals surface area contributed by atoms with Crippen molar-refractivity contribution < 1.29 is 14.3 Å². The van der Waals surface area contributed by atoms with E-state index >= 15 is 0 Å². The molecule has 9 heteroatoms. The van der Waals surface area contributed by atoms with Gasteiger partial charge in [-0.3, -0.25) is 9.69 Å². The van der Waals surface area contributed by atoms with Crippen LogP contribution in [-0.2, 0) is 9.53 Å². The number of piperazine rings is 1. The number of carbonyl (C=O) groups excluding carboxylic acids is 2. The fourth-order valence-corrected chi connectivity index (χ4v) is 3.60. The molecule has 3 heterocycles. The van der Waals surface area contributed by atoms with Gasteiger partial charge in [0, 0.05) is 50.7 Å². The third-order valence-electron chi connectivity index (χ3n) is 5.15. The fraction of sp³-hybridized carbons (Fsp3) is 0.400. The average Bonchev–Trinajstić information content (AvgIpc) is 3.14. The number of amides is 2. The molecule has 0 saturated carbocycles. The van der Waals surface area contributed by atoms with Crippen LogP contribution in [0, 0.1) is 0 Å². The number of benzene rings is 1. The minimum Gasteiger partial charge on any atom is -0.442 e. The van der Waals surface area contributed by atoms with E-state index in [0.29, 0.717) is 13.1 Å². The molecule has 2 fully saturated rings. The van der Waals surface area contributed by atoms with Gasteiger partial charge in [-0.25, -0.2) is 14.8 Å². The molecule has 9 nitrogen and oxygen atoms in total. The van der Waals surface area contributed by atoms with Gasteiger partial charge in [0.05, 0.1) is 13.1 Å². The van der Waals surface area contributed by atoms with Crippen LogP contribution in [0.15, 0.2) is 42.9 Å². The predicted molar refractivity (Wildman–Crippen MR) is 109 cm³/mol. The molecule has 0 radical (unpaired) electrons. The summed E-state index contributed by atoms with van der Waals surface area (Å²) < 4.78 is 5.33. The molecule has 0 bridgehead atoms. The summed E-state index contributed by atoms with van der Waals surface area (Å²) >= 11 is 0. The number of anilines is 3. The molecule has 0 unspecified atom stereocenters. The lowest BCUT2D eigenvalue weighted by Gasteiger charge is -2.36. The molecule has 152 valence electrons. The van der Waals surface area contributed by atoms with Crippen LogP contribution in [0.4, 0.5) is 22.0 Å². The van der Waals surface area contributed by atoms with E-state index in [1.807, 2.05) is 30.3 Å². The summed E-state index contributed by atoms with van der Waals surface area (Å²) in [7, 11) is 0. The van der Waals surface area contributed by atoms with Crippen LogP contribution >= 0.6 is 0 Å². The summed E-state index contributed by atoms with van der Waals surface area (Å²) in [5.41, 5.74) is 1.92. The Morgan fingerprint density at radius 2 is 1.79 bits per heavy atom. The number of nitrogens with one attached hydrogen (secondary N) is 1. The number of cyclic esters (lactones) is 1. The van der Waals surface area contributed by atoms with Crippen LogP contribution in [0.1, 0.15) is 6.92 Å². The zero-order chi connectivity index (χ0) is 20.2. The van der Waals surface area contributed by atoms with Crippen molar-refractivity contribution in [2.24, 2.45) is 0 Å². The molecule has 0 spiro atoms. The average molecular weight is 396 g/mol. The first-order chi connectivity index (χ1) is 14.1. The van der Waals surface area contributed by atoms with Crippen LogP contribution < -0.4 is 20.0 Å². The highest BCUT2D eigenvalue weighted by atomic mass is 16.6. The largest absolute Gasteiger partial charge is 0.442 e. The van der Waals surface area contributed by atoms with E-state index in [-0.39, 0.29) is 18.1 Å². The molecule has 29 heavy (non-hydrogen) atoms. The number of nitrogens with zero attached hydrogens (tertiary/aromatic N) is 5. The van der Waals surface area contributed by atoms with Gasteiger partial charge in [0.15, 0.2) is 0 Å². The van der Waals surface area contributed by atoms with Crippen LogP contribution in [0.25, 0.3) is 0 Å². The van der Waals surface area contributed by atoms with E-state index in [9.17, 15) is 9.59 Å². The second kappa shape index (κ2) is 8.34. The number of hydrogen-bond donors (Lipinski definition) is 1. The van der Waals surface area contributed by atoms with E-state index in [4.69, 9.17) is 4.74 Å². The fourth-order valence-electron chi connectivity index (χ4n) is 3.60. The third kappa shape index (κ3) is 4.39. The van der Waals surface area contributed by atoms with Gasteiger partial charge in [0.25, 0.3) is 0 Å². The smallest absolute Gasteiger partial charge is 0.414 e. The van der Waals surface area contributed by atoms with Crippen molar-refractivity contribution >= 4 is 29.2 Å². The monoisotopic (exact) mass is 396 g/mol. The topological polar surface area (TPSA) is 90.9 Å². The summed E-state index contributed by atoms with van der Waals surface area (Å²) in [6, 6.07) is 9.87. The first-order valence-corrected chi connectivity index (χ1v) is 9.69.